The number of amides is 1. The molecular weight excluding hydrogens is 430 g/mol. The van der Waals surface area contributed by atoms with E-state index >= 15 is 0 Å². The number of pyridine rings is 2. The zero-order chi connectivity index (χ0) is 22.6. The Morgan fingerprint density at radius 1 is 0.970 bits per heavy atom. The van der Waals surface area contributed by atoms with Crippen molar-refractivity contribution in [2.75, 3.05) is 0 Å². The zero-order valence-corrected chi connectivity index (χ0v) is 18.7. The molecule has 5 rings (SSSR count). The molecule has 0 saturated carbocycles. The van der Waals surface area contributed by atoms with Crippen molar-refractivity contribution in [1.29, 1.82) is 0 Å². The molecule has 0 atom stereocenters. The fourth-order valence-electron chi connectivity index (χ4n) is 3.74. The maximum atomic E-state index is 13.0. The van der Waals surface area contributed by atoms with E-state index in [-0.39, 0.29) is 5.91 Å². The molecule has 162 valence electrons. The van der Waals surface area contributed by atoms with Crippen LogP contribution < -0.4 is 11.1 Å². The number of benzene rings is 2. The van der Waals surface area contributed by atoms with Gasteiger partial charge >= 0.3 is 0 Å². The van der Waals surface area contributed by atoms with E-state index in [2.05, 4.69) is 57.4 Å². The van der Waals surface area contributed by atoms with Crippen molar-refractivity contribution in [1.82, 2.24) is 20.3 Å². The van der Waals surface area contributed by atoms with Gasteiger partial charge in [0.15, 0.2) is 0 Å². The van der Waals surface area contributed by atoms with Gasteiger partial charge in [-0.05, 0) is 17.7 Å². The predicted molar refractivity (Wildman–Crippen MR) is 130 cm³/mol. The minimum Gasteiger partial charge on any atom is -0.354 e. The molecule has 3 heterocycles. The Morgan fingerprint density at radius 2 is 1.79 bits per heavy atom. The summed E-state index contributed by atoms with van der Waals surface area (Å²) in [6.45, 7) is 1.10. The highest BCUT2D eigenvalue weighted by molar-refractivity contribution is 7.07. The Balaban J connectivity index is 1.62. The van der Waals surface area contributed by atoms with Crippen LogP contribution in [0.5, 0.6) is 0 Å². The molecule has 0 aliphatic heterocycles. The van der Waals surface area contributed by atoms with Gasteiger partial charge in [0.05, 0.1) is 35.5 Å². The number of nitrogens with zero attached hydrogens (tertiary/aromatic N) is 3. The summed E-state index contributed by atoms with van der Waals surface area (Å²) in [4.78, 5) is 26.6. The molecule has 0 saturated heterocycles. The van der Waals surface area contributed by atoms with Gasteiger partial charge in [0, 0.05) is 33.7 Å². The van der Waals surface area contributed by atoms with Crippen LogP contribution >= 0.6 is 11.3 Å². The molecule has 0 fully saturated rings. The van der Waals surface area contributed by atoms with Crippen LogP contribution in [-0.4, -0.2) is 20.9 Å². The Labute approximate surface area is 195 Å². The Morgan fingerprint density at radius 3 is 2.52 bits per heavy atom. The molecular formula is C26H22N5OS+. The topological polar surface area (TPSA) is 95.4 Å². The van der Waals surface area contributed by atoms with Gasteiger partial charge < -0.3 is 11.1 Å². The lowest BCUT2D eigenvalue weighted by Crippen LogP contribution is -2.47. The van der Waals surface area contributed by atoms with E-state index in [0.29, 0.717) is 17.6 Å². The normalized spacial score (nSPS) is 10.9. The highest BCUT2D eigenvalue weighted by Gasteiger charge is 2.17. The van der Waals surface area contributed by atoms with E-state index in [1.54, 1.807) is 11.7 Å². The first-order valence-electron chi connectivity index (χ1n) is 10.6. The van der Waals surface area contributed by atoms with Gasteiger partial charge in [0.1, 0.15) is 5.69 Å². The monoisotopic (exact) mass is 452 g/mol. The number of thiazole rings is 1. The van der Waals surface area contributed by atoms with E-state index in [1.165, 1.54) is 16.9 Å². The van der Waals surface area contributed by atoms with Crippen LogP contribution in [0, 0.1) is 0 Å². The molecule has 2 aromatic carbocycles. The molecule has 0 aliphatic carbocycles. The van der Waals surface area contributed by atoms with E-state index in [4.69, 9.17) is 4.98 Å². The molecule has 0 bridgehead atoms. The molecule has 7 heteroatoms. The number of carbonyl (C=O) groups is 1. The Kier molecular flexibility index (Phi) is 5.89. The summed E-state index contributed by atoms with van der Waals surface area (Å²) in [5, 5.41) is 5.55. The lowest BCUT2D eigenvalue weighted by atomic mass is 9.96. The molecule has 0 spiro atoms. The standard InChI is InChI=1S/C26H21N5OS/c27-13-17-6-8-19(9-7-17)24-21(18-4-2-1-3-5-18)12-22-23(31-24)10-11-28-25(22)26(32)29-14-20-15-33-16-30-20/h1-12,15-16H,13-14,27H2,(H,29,32)/p+1. The van der Waals surface area contributed by atoms with Gasteiger partial charge in [0.2, 0.25) is 0 Å². The fourth-order valence-corrected chi connectivity index (χ4v) is 4.30. The highest BCUT2D eigenvalue weighted by Crippen LogP contribution is 2.34. The summed E-state index contributed by atoms with van der Waals surface area (Å²) in [5.74, 6) is -0.248. The molecule has 1 amide bonds. The van der Waals surface area contributed by atoms with E-state index in [0.717, 1.165) is 40.1 Å². The van der Waals surface area contributed by atoms with Crippen LogP contribution in [0.25, 0.3) is 33.3 Å². The molecule has 0 radical (unpaired) electrons. The number of hydrogen-bond donors (Lipinski definition) is 2. The highest BCUT2D eigenvalue weighted by atomic mass is 32.1. The first-order chi connectivity index (χ1) is 16.2. The third-order valence-corrected chi connectivity index (χ3v) is 6.11. The van der Waals surface area contributed by atoms with Crippen LogP contribution in [0.3, 0.4) is 0 Å². The summed E-state index contributed by atoms with van der Waals surface area (Å²) in [6, 6.07) is 22.2. The molecule has 5 aromatic rings. The van der Waals surface area contributed by atoms with Crippen LogP contribution in [-0.2, 0) is 13.1 Å². The zero-order valence-electron chi connectivity index (χ0n) is 17.9. The minimum absolute atomic E-state index is 0.248. The van der Waals surface area contributed by atoms with Crippen molar-refractivity contribution < 1.29 is 10.5 Å². The quantitative estimate of drug-likeness (QED) is 0.406. The van der Waals surface area contributed by atoms with Crippen molar-refractivity contribution in [2.45, 2.75) is 13.1 Å². The van der Waals surface area contributed by atoms with E-state index in [1.807, 2.05) is 35.7 Å². The Bertz CT molecular complexity index is 1400. The first kappa shape index (κ1) is 20.9. The fraction of sp³-hybridized carbons (Fsp3) is 0.0769. The van der Waals surface area contributed by atoms with E-state index in [9.17, 15) is 4.79 Å². The summed E-state index contributed by atoms with van der Waals surface area (Å²) in [6.07, 6.45) is 1.63. The summed E-state index contributed by atoms with van der Waals surface area (Å²) in [5.41, 5.74) is 12.6. The predicted octanol–water partition coefficient (Wildman–Crippen LogP) is 4.09. The lowest BCUT2D eigenvalue weighted by Gasteiger charge is -2.13. The van der Waals surface area contributed by atoms with Crippen molar-refractivity contribution in [3.8, 4) is 22.4 Å². The van der Waals surface area contributed by atoms with Gasteiger partial charge in [-0.3, -0.25) is 9.78 Å². The van der Waals surface area contributed by atoms with Crippen molar-refractivity contribution >= 4 is 28.1 Å². The number of fused-ring (bicyclic) bond motifs is 1. The number of nitrogens with one attached hydrogen (secondary N) is 1. The molecule has 0 aliphatic rings. The molecule has 33 heavy (non-hydrogen) atoms. The Hall–Kier alpha value is -3.94. The van der Waals surface area contributed by atoms with Gasteiger partial charge in [-0.25, -0.2) is 9.97 Å². The van der Waals surface area contributed by atoms with E-state index < -0.39 is 0 Å². The third-order valence-electron chi connectivity index (χ3n) is 5.47. The second kappa shape index (κ2) is 9.28. The maximum Gasteiger partial charge on any atom is 0.270 e. The van der Waals surface area contributed by atoms with Crippen molar-refractivity contribution in [3.63, 3.8) is 0 Å². The number of hydrogen-bond acceptors (Lipinski definition) is 5. The number of aromatic nitrogens is 3. The van der Waals surface area contributed by atoms with Gasteiger partial charge in [-0.1, -0.05) is 54.6 Å². The average molecular weight is 453 g/mol. The molecule has 6 nitrogen and oxygen atoms in total. The SMILES string of the molecule is [NH3+]Cc1ccc(-c2nc3ccnc(C(=O)NCc4cscn4)c3cc2-c2ccccc2)cc1. The third kappa shape index (κ3) is 4.37. The average Bonchev–Trinajstić information content (AvgIpc) is 3.40. The maximum absolute atomic E-state index is 13.0. The second-order valence-electron chi connectivity index (χ2n) is 7.59. The second-order valence-corrected chi connectivity index (χ2v) is 8.30. The van der Waals surface area contributed by atoms with Gasteiger partial charge in [0.25, 0.3) is 5.91 Å². The molecule has 3 aromatic heterocycles. The van der Waals surface area contributed by atoms with Crippen molar-refractivity contribution in [3.05, 3.63) is 101 Å². The summed E-state index contributed by atoms with van der Waals surface area (Å²) in [7, 11) is 0. The minimum atomic E-state index is -0.248. The van der Waals surface area contributed by atoms with Crippen LogP contribution in [0.4, 0.5) is 0 Å². The number of quaternary nitrogens is 1. The largest absolute Gasteiger partial charge is 0.354 e. The number of carbonyl (C=O) groups excluding carboxylic acids is 1. The summed E-state index contributed by atoms with van der Waals surface area (Å²) >= 11 is 1.50. The van der Waals surface area contributed by atoms with Gasteiger partial charge in [-0.2, -0.15) is 0 Å². The van der Waals surface area contributed by atoms with Crippen LogP contribution in [0.1, 0.15) is 21.7 Å². The van der Waals surface area contributed by atoms with Gasteiger partial charge in [-0.15, -0.1) is 11.3 Å². The molecule has 4 N–H and O–H groups in total. The van der Waals surface area contributed by atoms with Crippen molar-refractivity contribution in [2.24, 2.45) is 0 Å². The smallest absolute Gasteiger partial charge is 0.270 e. The first-order valence-corrected chi connectivity index (χ1v) is 11.6. The van der Waals surface area contributed by atoms with Crippen LogP contribution in [0.15, 0.2) is 83.8 Å². The molecule has 0 unspecified atom stereocenters. The lowest BCUT2D eigenvalue weighted by molar-refractivity contribution is -0.386. The number of rotatable bonds is 6. The summed E-state index contributed by atoms with van der Waals surface area (Å²) < 4.78 is 0. The van der Waals surface area contributed by atoms with Crippen LogP contribution in [0.2, 0.25) is 0 Å².